The summed E-state index contributed by atoms with van der Waals surface area (Å²) < 4.78 is 8.77. The lowest BCUT2D eigenvalue weighted by atomic mass is 10.0. The Hall–Kier alpha value is -5.66. The van der Waals surface area contributed by atoms with Crippen molar-refractivity contribution in [3.05, 3.63) is 133 Å². The number of nitrogens with zero attached hydrogens (tertiary/aromatic N) is 3. The van der Waals surface area contributed by atoms with E-state index in [1.54, 1.807) is 12.3 Å². The monoisotopic (exact) mass is 511 g/mol. The standard InChI is InChI=1S/C36H21N3O/c37-22-23-18-19-38-31(20-23)25-14-12-24(13-15-25)26-6-5-7-27(21-26)39-32-10-3-1-9-30(32)35-33(39)17-16-29-28-8-2-4-11-34(28)40-36(29)35/h1-21H. The Morgan fingerprint density at radius 1 is 0.625 bits per heavy atom. The third-order valence-electron chi connectivity index (χ3n) is 7.69. The number of para-hydroxylation sites is 2. The van der Waals surface area contributed by atoms with Crippen LogP contribution in [0.5, 0.6) is 0 Å². The van der Waals surface area contributed by atoms with Gasteiger partial charge in [-0.2, -0.15) is 5.26 Å². The molecule has 0 fully saturated rings. The van der Waals surface area contributed by atoms with Crippen molar-refractivity contribution in [3.8, 4) is 34.1 Å². The van der Waals surface area contributed by atoms with E-state index < -0.39 is 0 Å². The van der Waals surface area contributed by atoms with Crippen LogP contribution in [0.15, 0.2) is 132 Å². The highest BCUT2D eigenvalue weighted by Crippen LogP contribution is 2.40. The molecule has 8 aromatic rings. The zero-order valence-corrected chi connectivity index (χ0v) is 21.4. The summed E-state index contributed by atoms with van der Waals surface area (Å²) >= 11 is 0. The second kappa shape index (κ2) is 8.69. The van der Waals surface area contributed by atoms with E-state index in [9.17, 15) is 5.26 Å². The molecule has 0 atom stereocenters. The summed E-state index contributed by atoms with van der Waals surface area (Å²) in [7, 11) is 0. The van der Waals surface area contributed by atoms with Crippen LogP contribution in [0.2, 0.25) is 0 Å². The normalized spacial score (nSPS) is 11.5. The third-order valence-corrected chi connectivity index (χ3v) is 7.69. The van der Waals surface area contributed by atoms with E-state index in [1.807, 2.05) is 18.2 Å². The van der Waals surface area contributed by atoms with E-state index in [0.717, 1.165) is 66.4 Å². The Morgan fingerprint density at radius 3 is 2.30 bits per heavy atom. The number of aromatic nitrogens is 2. The number of rotatable bonds is 3. The van der Waals surface area contributed by atoms with Crippen molar-refractivity contribution >= 4 is 43.7 Å². The van der Waals surface area contributed by atoms with Gasteiger partial charge in [-0.05, 0) is 59.7 Å². The number of furan rings is 1. The maximum Gasteiger partial charge on any atom is 0.145 e. The molecule has 0 aliphatic rings. The van der Waals surface area contributed by atoms with E-state index >= 15 is 0 Å². The highest BCUT2D eigenvalue weighted by molar-refractivity contribution is 6.23. The van der Waals surface area contributed by atoms with Crippen molar-refractivity contribution in [2.75, 3.05) is 0 Å². The van der Waals surface area contributed by atoms with Crippen LogP contribution >= 0.6 is 0 Å². The Kier molecular flexibility index (Phi) is 4.85. The smallest absolute Gasteiger partial charge is 0.145 e. The van der Waals surface area contributed by atoms with Gasteiger partial charge in [0.1, 0.15) is 11.2 Å². The van der Waals surface area contributed by atoms with Crippen molar-refractivity contribution in [2.24, 2.45) is 0 Å². The van der Waals surface area contributed by atoms with Crippen molar-refractivity contribution in [2.45, 2.75) is 0 Å². The fraction of sp³-hybridized carbons (Fsp3) is 0. The number of hydrogen-bond donors (Lipinski definition) is 0. The van der Waals surface area contributed by atoms with Crippen LogP contribution in [0, 0.1) is 11.3 Å². The number of fused-ring (bicyclic) bond motifs is 7. The maximum absolute atomic E-state index is 9.24. The quantitative estimate of drug-likeness (QED) is 0.237. The zero-order chi connectivity index (χ0) is 26.6. The fourth-order valence-electron chi connectivity index (χ4n) is 5.83. The molecule has 0 aliphatic carbocycles. The van der Waals surface area contributed by atoms with Crippen LogP contribution in [0.25, 0.3) is 71.8 Å². The van der Waals surface area contributed by atoms with Crippen LogP contribution < -0.4 is 0 Å². The molecule has 8 rings (SSSR count). The first-order chi connectivity index (χ1) is 19.8. The molecule has 5 aromatic carbocycles. The van der Waals surface area contributed by atoms with Crippen LogP contribution in [0.1, 0.15) is 5.56 Å². The molecule has 40 heavy (non-hydrogen) atoms. The van der Waals surface area contributed by atoms with Gasteiger partial charge in [-0.1, -0.05) is 72.8 Å². The van der Waals surface area contributed by atoms with Crippen LogP contribution in [0.3, 0.4) is 0 Å². The van der Waals surface area contributed by atoms with Gasteiger partial charge in [-0.25, -0.2) is 0 Å². The molecule has 0 aliphatic heterocycles. The van der Waals surface area contributed by atoms with Gasteiger partial charge in [-0.15, -0.1) is 0 Å². The molecule has 0 radical (unpaired) electrons. The van der Waals surface area contributed by atoms with E-state index in [1.165, 1.54) is 5.39 Å². The van der Waals surface area contributed by atoms with Gasteiger partial charge in [-0.3, -0.25) is 4.98 Å². The number of pyridine rings is 1. The Labute approximate surface area is 230 Å². The van der Waals surface area contributed by atoms with E-state index in [2.05, 4.69) is 113 Å². The van der Waals surface area contributed by atoms with Gasteiger partial charge < -0.3 is 8.98 Å². The molecular weight excluding hydrogens is 490 g/mol. The maximum atomic E-state index is 9.24. The average molecular weight is 512 g/mol. The third kappa shape index (κ3) is 3.35. The minimum Gasteiger partial charge on any atom is -0.455 e. The predicted octanol–water partition coefficient (Wildman–Crippen LogP) is 9.28. The Bertz CT molecular complexity index is 2280. The minimum atomic E-state index is 0.605. The van der Waals surface area contributed by atoms with Crippen LogP contribution in [0.4, 0.5) is 0 Å². The van der Waals surface area contributed by atoms with Gasteiger partial charge in [0.15, 0.2) is 0 Å². The molecule has 0 amide bonds. The van der Waals surface area contributed by atoms with Crippen molar-refractivity contribution < 1.29 is 4.42 Å². The first kappa shape index (κ1) is 22.3. The topological polar surface area (TPSA) is 54.8 Å². The number of hydrogen-bond acceptors (Lipinski definition) is 3. The van der Waals surface area contributed by atoms with Crippen LogP contribution in [-0.4, -0.2) is 9.55 Å². The Morgan fingerprint density at radius 2 is 1.43 bits per heavy atom. The first-order valence-corrected chi connectivity index (χ1v) is 13.2. The van der Waals surface area contributed by atoms with E-state index in [4.69, 9.17) is 4.42 Å². The van der Waals surface area contributed by atoms with E-state index in [0.29, 0.717) is 5.56 Å². The lowest BCUT2D eigenvalue weighted by Gasteiger charge is -2.11. The summed E-state index contributed by atoms with van der Waals surface area (Å²) in [6.07, 6.45) is 1.68. The summed E-state index contributed by atoms with van der Waals surface area (Å²) in [5.41, 5.74) is 9.79. The second-order valence-corrected chi connectivity index (χ2v) is 9.96. The summed E-state index contributed by atoms with van der Waals surface area (Å²) in [4.78, 5) is 4.44. The number of nitriles is 1. The molecule has 0 N–H and O–H groups in total. The fourth-order valence-corrected chi connectivity index (χ4v) is 5.83. The van der Waals surface area contributed by atoms with Crippen molar-refractivity contribution in [3.63, 3.8) is 0 Å². The molecule has 4 nitrogen and oxygen atoms in total. The van der Waals surface area contributed by atoms with Crippen molar-refractivity contribution in [1.29, 1.82) is 5.26 Å². The Balaban J connectivity index is 1.29. The molecule has 0 spiro atoms. The molecule has 186 valence electrons. The first-order valence-electron chi connectivity index (χ1n) is 13.2. The summed E-state index contributed by atoms with van der Waals surface area (Å²) in [5, 5.41) is 13.8. The van der Waals surface area contributed by atoms with Gasteiger partial charge in [0.25, 0.3) is 0 Å². The molecule has 3 heterocycles. The molecule has 3 aromatic heterocycles. The average Bonchev–Trinajstić information content (AvgIpc) is 3.57. The van der Waals surface area contributed by atoms with Gasteiger partial charge in [0, 0.05) is 33.6 Å². The molecular formula is C36H21N3O. The SMILES string of the molecule is N#Cc1ccnc(-c2ccc(-c3cccc(-n4c5ccccc5c5c6oc7ccccc7c6ccc54)c3)cc2)c1. The highest BCUT2D eigenvalue weighted by atomic mass is 16.3. The minimum absolute atomic E-state index is 0.605. The lowest BCUT2D eigenvalue weighted by molar-refractivity contribution is 0.673. The molecule has 4 heteroatoms. The summed E-state index contributed by atoms with van der Waals surface area (Å²) in [6, 6.07) is 43.9. The van der Waals surface area contributed by atoms with Gasteiger partial charge in [0.2, 0.25) is 0 Å². The largest absolute Gasteiger partial charge is 0.455 e. The molecule has 0 saturated carbocycles. The second-order valence-electron chi connectivity index (χ2n) is 9.96. The zero-order valence-electron chi connectivity index (χ0n) is 21.4. The predicted molar refractivity (Wildman–Crippen MR) is 161 cm³/mol. The summed E-state index contributed by atoms with van der Waals surface area (Å²) in [6.45, 7) is 0. The van der Waals surface area contributed by atoms with Gasteiger partial charge in [0.05, 0.1) is 33.7 Å². The molecule has 0 saturated heterocycles. The highest BCUT2D eigenvalue weighted by Gasteiger charge is 2.18. The van der Waals surface area contributed by atoms with Gasteiger partial charge >= 0.3 is 0 Å². The van der Waals surface area contributed by atoms with E-state index in [-0.39, 0.29) is 0 Å². The number of benzene rings is 5. The summed E-state index contributed by atoms with van der Waals surface area (Å²) in [5.74, 6) is 0. The molecule has 0 bridgehead atoms. The van der Waals surface area contributed by atoms with Crippen LogP contribution in [-0.2, 0) is 0 Å². The molecule has 0 unspecified atom stereocenters. The lowest BCUT2D eigenvalue weighted by Crippen LogP contribution is -1.94. The van der Waals surface area contributed by atoms with Crippen molar-refractivity contribution in [1.82, 2.24) is 9.55 Å².